The Morgan fingerprint density at radius 1 is 0.875 bits per heavy atom. The SMILES string of the molecule is Clc1ccccc1Cl.O[C@@H]1C=C[C@H](O)CC1. The molecule has 0 fully saturated rings. The van der Waals surface area contributed by atoms with E-state index in [2.05, 4.69) is 0 Å². The third-order valence-electron chi connectivity index (χ3n) is 2.14. The predicted molar refractivity (Wildman–Crippen MR) is 66.8 cm³/mol. The van der Waals surface area contributed by atoms with Gasteiger partial charge in [-0.05, 0) is 25.0 Å². The molecule has 2 N–H and O–H groups in total. The van der Waals surface area contributed by atoms with Crippen LogP contribution in [0.5, 0.6) is 0 Å². The molecule has 0 aliphatic heterocycles. The van der Waals surface area contributed by atoms with Gasteiger partial charge in [0.15, 0.2) is 0 Å². The van der Waals surface area contributed by atoms with Crippen molar-refractivity contribution < 1.29 is 10.2 Å². The van der Waals surface area contributed by atoms with Crippen LogP contribution in [0.2, 0.25) is 10.0 Å². The van der Waals surface area contributed by atoms with Crippen molar-refractivity contribution in [2.24, 2.45) is 0 Å². The molecular formula is C12H14Cl2O2. The normalized spacial score (nSPS) is 23.5. The summed E-state index contributed by atoms with van der Waals surface area (Å²) in [6.07, 6.45) is 4.01. The average molecular weight is 261 g/mol. The van der Waals surface area contributed by atoms with Gasteiger partial charge in [-0.2, -0.15) is 0 Å². The van der Waals surface area contributed by atoms with E-state index in [9.17, 15) is 0 Å². The standard InChI is InChI=1S/C6H4Cl2.C6H10O2/c7-5-3-1-2-4-6(5)8;7-5-1-2-6(8)4-3-5/h1-4H;1-2,5-8H,3-4H2/t;5-,6+. The van der Waals surface area contributed by atoms with E-state index in [1.165, 1.54) is 0 Å². The number of hydrogen-bond acceptors (Lipinski definition) is 2. The molecule has 0 bridgehead atoms. The van der Waals surface area contributed by atoms with Gasteiger partial charge in [-0.3, -0.25) is 0 Å². The van der Waals surface area contributed by atoms with Gasteiger partial charge in [0.25, 0.3) is 0 Å². The monoisotopic (exact) mass is 260 g/mol. The first-order valence-corrected chi connectivity index (χ1v) is 5.79. The molecule has 4 heteroatoms. The van der Waals surface area contributed by atoms with Crippen molar-refractivity contribution in [2.45, 2.75) is 25.0 Å². The second kappa shape index (κ2) is 6.92. The van der Waals surface area contributed by atoms with E-state index in [1.807, 2.05) is 12.1 Å². The van der Waals surface area contributed by atoms with Crippen LogP contribution in [0.15, 0.2) is 36.4 Å². The van der Waals surface area contributed by atoms with Crippen LogP contribution in [0.3, 0.4) is 0 Å². The molecule has 0 radical (unpaired) electrons. The Morgan fingerprint density at radius 3 is 1.50 bits per heavy atom. The molecule has 16 heavy (non-hydrogen) atoms. The predicted octanol–water partition coefficient (Wildman–Crippen LogP) is 3.05. The maximum absolute atomic E-state index is 8.83. The van der Waals surface area contributed by atoms with Gasteiger partial charge in [0.05, 0.1) is 22.3 Å². The Bertz CT molecular complexity index is 320. The summed E-state index contributed by atoms with van der Waals surface area (Å²) in [5.41, 5.74) is 0. The van der Waals surface area contributed by atoms with Gasteiger partial charge in [0.2, 0.25) is 0 Å². The minimum absolute atomic E-state index is 0.321. The summed E-state index contributed by atoms with van der Waals surface area (Å²) in [4.78, 5) is 0. The Labute approximate surface area is 105 Å². The summed E-state index contributed by atoms with van der Waals surface area (Å²) in [6, 6.07) is 7.19. The van der Waals surface area contributed by atoms with Crippen molar-refractivity contribution in [1.82, 2.24) is 0 Å². The van der Waals surface area contributed by atoms with E-state index < -0.39 is 0 Å². The van der Waals surface area contributed by atoms with Crippen LogP contribution in [0.1, 0.15) is 12.8 Å². The molecular weight excluding hydrogens is 247 g/mol. The van der Waals surface area contributed by atoms with Gasteiger partial charge in [-0.25, -0.2) is 0 Å². The Balaban J connectivity index is 0.000000160. The molecule has 2 rings (SSSR count). The van der Waals surface area contributed by atoms with Crippen molar-refractivity contribution in [3.05, 3.63) is 46.5 Å². The minimum atomic E-state index is -0.321. The summed E-state index contributed by atoms with van der Waals surface area (Å²) in [6.45, 7) is 0. The second-order valence-corrected chi connectivity index (χ2v) is 4.33. The third kappa shape index (κ3) is 4.99. The van der Waals surface area contributed by atoms with E-state index in [4.69, 9.17) is 33.4 Å². The van der Waals surface area contributed by atoms with Gasteiger partial charge in [-0.1, -0.05) is 47.5 Å². The first-order valence-electron chi connectivity index (χ1n) is 5.04. The Kier molecular flexibility index (Phi) is 5.85. The minimum Gasteiger partial charge on any atom is -0.389 e. The van der Waals surface area contributed by atoms with Crippen molar-refractivity contribution in [1.29, 1.82) is 0 Å². The van der Waals surface area contributed by atoms with Crippen LogP contribution < -0.4 is 0 Å². The van der Waals surface area contributed by atoms with Crippen LogP contribution >= 0.6 is 23.2 Å². The number of aliphatic hydroxyl groups excluding tert-OH is 2. The fraction of sp³-hybridized carbons (Fsp3) is 0.333. The van der Waals surface area contributed by atoms with Crippen molar-refractivity contribution in [3.63, 3.8) is 0 Å². The van der Waals surface area contributed by atoms with Crippen LogP contribution in [-0.2, 0) is 0 Å². The largest absolute Gasteiger partial charge is 0.389 e. The van der Waals surface area contributed by atoms with Gasteiger partial charge >= 0.3 is 0 Å². The van der Waals surface area contributed by atoms with Gasteiger partial charge < -0.3 is 10.2 Å². The fourth-order valence-corrected chi connectivity index (χ4v) is 1.50. The van der Waals surface area contributed by atoms with E-state index in [0.29, 0.717) is 22.9 Å². The van der Waals surface area contributed by atoms with Gasteiger partial charge in [0, 0.05) is 0 Å². The van der Waals surface area contributed by atoms with E-state index in [1.54, 1.807) is 24.3 Å². The number of aliphatic hydroxyl groups is 2. The van der Waals surface area contributed by atoms with E-state index in [0.717, 1.165) is 0 Å². The highest BCUT2D eigenvalue weighted by atomic mass is 35.5. The lowest BCUT2D eigenvalue weighted by atomic mass is 10.0. The zero-order valence-electron chi connectivity index (χ0n) is 8.68. The molecule has 1 aromatic carbocycles. The van der Waals surface area contributed by atoms with Crippen LogP contribution in [0.25, 0.3) is 0 Å². The zero-order valence-corrected chi connectivity index (χ0v) is 10.2. The number of halogens is 2. The first kappa shape index (κ1) is 13.5. The van der Waals surface area contributed by atoms with Crippen molar-refractivity contribution in [3.8, 4) is 0 Å². The molecule has 0 unspecified atom stereocenters. The number of rotatable bonds is 0. The quantitative estimate of drug-likeness (QED) is 0.704. The Morgan fingerprint density at radius 2 is 1.25 bits per heavy atom. The molecule has 0 aromatic heterocycles. The first-order chi connectivity index (χ1) is 7.59. The molecule has 2 nitrogen and oxygen atoms in total. The summed E-state index contributed by atoms with van der Waals surface area (Å²) in [5.74, 6) is 0. The molecule has 1 aliphatic rings. The van der Waals surface area contributed by atoms with Crippen molar-refractivity contribution >= 4 is 23.2 Å². The molecule has 1 aromatic rings. The molecule has 0 heterocycles. The van der Waals surface area contributed by atoms with E-state index in [-0.39, 0.29) is 12.2 Å². The molecule has 88 valence electrons. The molecule has 0 spiro atoms. The highest BCUT2D eigenvalue weighted by molar-refractivity contribution is 6.41. The second-order valence-electron chi connectivity index (χ2n) is 3.51. The van der Waals surface area contributed by atoms with Crippen molar-refractivity contribution in [2.75, 3.05) is 0 Å². The molecule has 0 saturated heterocycles. The lowest BCUT2D eigenvalue weighted by Crippen LogP contribution is -2.14. The summed E-state index contributed by atoms with van der Waals surface area (Å²) >= 11 is 11.2. The number of benzene rings is 1. The highest BCUT2D eigenvalue weighted by Gasteiger charge is 2.09. The molecule has 1 aliphatic carbocycles. The Hall–Kier alpha value is -0.540. The van der Waals surface area contributed by atoms with Crippen LogP contribution in [0, 0.1) is 0 Å². The summed E-state index contributed by atoms with van der Waals surface area (Å²) < 4.78 is 0. The van der Waals surface area contributed by atoms with Gasteiger partial charge in [0.1, 0.15) is 0 Å². The maximum Gasteiger partial charge on any atom is 0.0722 e. The van der Waals surface area contributed by atoms with Gasteiger partial charge in [-0.15, -0.1) is 0 Å². The summed E-state index contributed by atoms with van der Waals surface area (Å²) in [7, 11) is 0. The highest BCUT2D eigenvalue weighted by Crippen LogP contribution is 2.19. The topological polar surface area (TPSA) is 40.5 Å². The smallest absolute Gasteiger partial charge is 0.0722 e. The third-order valence-corrected chi connectivity index (χ3v) is 2.89. The average Bonchev–Trinajstić information content (AvgIpc) is 2.28. The van der Waals surface area contributed by atoms with Crippen LogP contribution in [-0.4, -0.2) is 22.4 Å². The summed E-state index contributed by atoms with van der Waals surface area (Å²) in [5, 5.41) is 18.9. The number of hydrogen-bond donors (Lipinski definition) is 2. The fourth-order valence-electron chi connectivity index (χ4n) is 1.23. The van der Waals surface area contributed by atoms with E-state index >= 15 is 0 Å². The lowest BCUT2D eigenvalue weighted by molar-refractivity contribution is 0.146. The maximum atomic E-state index is 8.83. The molecule has 2 atom stereocenters. The zero-order chi connectivity index (χ0) is 12.0. The molecule has 0 saturated carbocycles. The lowest BCUT2D eigenvalue weighted by Gasteiger charge is -2.13. The van der Waals surface area contributed by atoms with Crippen LogP contribution in [0.4, 0.5) is 0 Å². The molecule has 0 amide bonds.